The Hall–Kier alpha value is -14.6. The second-order valence-electron chi connectivity index (χ2n) is 32.9. The lowest BCUT2D eigenvalue weighted by molar-refractivity contribution is -0.118. The Kier molecular flexibility index (Phi) is 27.2. The first-order chi connectivity index (χ1) is 62.1. The van der Waals surface area contributed by atoms with Crippen LogP contribution in [0.4, 0.5) is 23.3 Å². The summed E-state index contributed by atoms with van der Waals surface area (Å²) in [6.07, 6.45) is 44.5. The summed E-state index contributed by atoms with van der Waals surface area (Å²) >= 11 is 0. The van der Waals surface area contributed by atoms with E-state index in [1.165, 1.54) is 6.92 Å². The second-order valence-corrected chi connectivity index (χ2v) is 32.9. The molecule has 19 rings (SSSR count). The van der Waals surface area contributed by atoms with Crippen molar-refractivity contribution < 1.29 is 9.90 Å². The van der Waals surface area contributed by atoms with Crippen LogP contribution < -0.4 is 38.1 Å². The number of aromatic nitrogens is 24. The Morgan fingerprint density at radius 1 is 0.375 bits per heavy atom. The maximum atomic E-state index is 11.1. The zero-order chi connectivity index (χ0) is 88.7. The van der Waals surface area contributed by atoms with Gasteiger partial charge in [0.15, 0.2) is 23.3 Å². The molecule has 1 aliphatic heterocycles. The van der Waals surface area contributed by atoms with Crippen molar-refractivity contribution in [2.75, 3.05) is 60.5 Å². The molecule has 4 atom stereocenters. The number of carbonyl (C=O) groups excluding carboxylic acids is 1. The van der Waals surface area contributed by atoms with Gasteiger partial charge in [-0.3, -0.25) is 42.2 Å². The van der Waals surface area contributed by atoms with E-state index >= 15 is 0 Å². The fourth-order valence-electron chi connectivity index (χ4n) is 16.0. The zero-order valence-electron chi connectivity index (χ0n) is 73.5. The van der Waals surface area contributed by atoms with E-state index in [4.69, 9.17) is 41.4 Å². The molecule has 4 aromatic carbocycles. The van der Waals surface area contributed by atoms with Gasteiger partial charge in [0, 0.05) is 279 Å². The normalized spacial score (nSPS) is 15.6. The number of aliphatic hydroxyl groups is 1. The van der Waals surface area contributed by atoms with Crippen molar-refractivity contribution in [1.82, 2.24) is 128 Å². The Morgan fingerprint density at radius 3 is 1.03 bits per heavy atom. The van der Waals surface area contributed by atoms with E-state index in [1.54, 1.807) is 43.7 Å². The van der Waals surface area contributed by atoms with Gasteiger partial charge in [0.2, 0.25) is 5.91 Å². The highest BCUT2D eigenvalue weighted by Crippen LogP contribution is 2.37. The van der Waals surface area contributed by atoms with E-state index in [1.807, 2.05) is 229 Å². The third kappa shape index (κ3) is 22.2. The Bertz CT molecular complexity index is 6240. The first-order valence-electron chi connectivity index (χ1n) is 43.1. The van der Waals surface area contributed by atoms with E-state index < -0.39 is 0 Å². The van der Waals surface area contributed by atoms with Crippen LogP contribution in [0, 0.1) is 0 Å². The summed E-state index contributed by atoms with van der Waals surface area (Å²) in [7, 11) is 15.2. The van der Waals surface area contributed by atoms with Crippen molar-refractivity contribution in [3.8, 4) is 135 Å². The summed E-state index contributed by atoms with van der Waals surface area (Å²) < 4.78 is 14.3. The van der Waals surface area contributed by atoms with Gasteiger partial charge >= 0.3 is 0 Å². The highest BCUT2D eigenvalue weighted by atomic mass is 16.3. The first-order valence-corrected chi connectivity index (χ1v) is 43.1. The summed E-state index contributed by atoms with van der Waals surface area (Å²) in [4.78, 5) is 51.8. The molecule has 0 unspecified atom stereocenters. The molecule has 12 aromatic heterocycles. The van der Waals surface area contributed by atoms with Crippen LogP contribution in [0.2, 0.25) is 0 Å². The highest BCUT2D eigenvalue weighted by molar-refractivity contribution is 5.82. The summed E-state index contributed by atoms with van der Waals surface area (Å²) in [5, 5.41) is 61.3. The summed E-state index contributed by atoms with van der Waals surface area (Å²) in [6, 6.07) is 35.9. The number of piperidine rings is 1. The molecule has 16 aromatic rings. The van der Waals surface area contributed by atoms with Crippen LogP contribution in [0.25, 0.3) is 135 Å². The van der Waals surface area contributed by atoms with Crippen LogP contribution in [0.3, 0.4) is 0 Å². The molecular formula is C94H108N32O2. The topological polar surface area (TPSA) is 398 Å². The highest BCUT2D eigenvalue weighted by Gasteiger charge is 2.27. The number of amides is 1. The van der Waals surface area contributed by atoms with Crippen molar-refractivity contribution in [2.45, 2.75) is 95.0 Å². The minimum atomic E-state index is -0.159. The molecule has 656 valence electrons. The number of nitrogens with zero attached hydrogens (tertiary/aromatic N) is 25. The Morgan fingerprint density at radius 2 is 0.703 bits per heavy atom. The third-order valence-electron chi connectivity index (χ3n) is 22.8. The fraction of sp³-hybridized carbons (Fsp3) is 0.309. The number of benzene rings is 4. The average Bonchev–Trinajstić information content (AvgIpc) is 1.63. The van der Waals surface area contributed by atoms with Gasteiger partial charge in [0.05, 0.1) is 60.7 Å². The smallest absolute Gasteiger partial charge is 0.216 e. The van der Waals surface area contributed by atoms with E-state index in [-0.39, 0.29) is 24.1 Å². The van der Waals surface area contributed by atoms with Crippen molar-refractivity contribution in [2.24, 2.45) is 67.8 Å². The maximum absolute atomic E-state index is 11.1. The lowest BCUT2D eigenvalue weighted by Crippen LogP contribution is -2.38. The molecule has 1 amide bonds. The quantitative estimate of drug-likeness (QED) is 0.0246. The third-order valence-corrected chi connectivity index (χ3v) is 22.8. The van der Waals surface area contributed by atoms with Crippen LogP contribution in [0.1, 0.15) is 64.7 Å². The van der Waals surface area contributed by atoms with E-state index in [2.05, 4.69) is 125 Å². The first kappa shape index (κ1) is 86.9. The van der Waals surface area contributed by atoms with Gasteiger partial charge in [-0.2, -0.15) is 40.8 Å². The minimum Gasteiger partial charge on any atom is -0.393 e. The Labute approximate surface area is 742 Å². The van der Waals surface area contributed by atoms with Crippen LogP contribution in [-0.4, -0.2) is 204 Å². The molecule has 2 saturated carbocycles. The molecule has 1 saturated heterocycles. The molecule has 0 spiro atoms. The van der Waals surface area contributed by atoms with Gasteiger partial charge in [-0.05, 0) is 110 Å². The SMILES string of the molecule is CC(=O)NCCCNc1nc(-c2cccc(-c3cnn(C)c3)c2)ncc1-c1cnn(C)c1.Cn1cc(-c2cccc(-c3ncc(-c4ccn(C)n4)c(N[C@@H]4CC[C@H](N)C4)n3)c2)cn1.Cn1cc(-c2cccc(-c3ncc(-c4cnn(C)c4)c(NCCN4CCC(O)CC4)n3)c2)cn1.Cn1cc(-c2cccc(-c3ncc(-c4cnn(C)c4)c(N[C@@H]4CC[C@H](N)C4)n3)c2)cn1. The number of hydrogen-bond acceptors (Lipinski definition) is 25. The monoisotopic (exact) mass is 1720 g/mol. The molecule has 34 nitrogen and oxygen atoms in total. The molecule has 3 fully saturated rings. The summed E-state index contributed by atoms with van der Waals surface area (Å²) in [5.41, 5.74) is 32.0. The van der Waals surface area contributed by atoms with Crippen LogP contribution >= 0.6 is 0 Å². The van der Waals surface area contributed by atoms with Crippen molar-refractivity contribution >= 4 is 29.2 Å². The van der Waals surface area contributed by atoms with Crippen LogP contribution in [-0.2, 0) is 61.2 Å². The second kappa shape index (κ2) is 40.1. The van der Waals surface area contributed by atoms with Gasteiger partial charge in [-0.1, -0.05) is 72.8 Å². The molecule has 10 N–H and O–H groups in total. The molecular weight excluding hydrogens is 1610 g/mol. The molecule has 0 bridgehead atoms. The van der Waals surface area contributed by atoms with Gasteiger partial charge in [0.1, 0.15) is 23.3 Å². The van der Waals surface area contributed by atoms with Gasteiger partial charge in [0.25, 0.3) is 0 Å². The van der Waals surface area contributed by atoms with E-state index in [0.717, 1.165) is 219 Å². The van der Waals surface area contributed by atoms with Crippen LogP contribution in [0.15, 0.2) is 221 Å². The number of aliphatic hydroxyl groups excluding tert-OH is 1. The van der Waals surface area contributed by atoms with Crippen LogP contribution in [0.5, 0.6) is 0 Å². The largest absolute Gasteiger partial charge is 0.393 e. The number of anilines is 4. The molecule has 3 aliphatic rings. The number of rotatable bonds is 25. The van der Waals surface area contributed by atoms with E-state index in [0.29, 0.717) is 48.5 Å². The Balaban J connectivity index is 0.000000125. The number of aryl methyl sites for hydroxylation is 8. The molecule has 2 aliphatic carbocycles. The number of carbonyl (C=O) groups is 1. The summed E-state index contributed by atoms with van der Waals surface area (Å²) in [5.74, 6) is 5.78. The summed E-state index contributed by atoms with van der Waals surface area (Å²) in [6.45, 7) is 6.30. The lowest BCUT2D eigenvalue weighted by atomic mass is 10.1. The number of likely N-dealkylation sites (tertiary alicyclic amines) is 1. The zero-order valence-corrected chi connectivity index (χ0v) is 73.5. The van der Waals surface area contributed by atoms with Crippen molar-refractivity contribution in [3.63, 3.8) is 0 Å². The standard InChI is InChI=1S/C25H30N8O.C23H26N8O.2C23H26N8/c1-31-16-20(13-28-31)18-4-3-5-19(12-18)24-27-15-23(21-14-29-32(2)17-21)25(30-24)26-8-11-33-9-6-22(34)7-10-33;1-16(32)24-8-5-9-25-23-21(20-12-28-31(3)15-20)13-26-22(29-23)18-7-4-6-17(10-18)19-11-27-30(2)14-19;1-30-13-17(10-26-30)15-4-3-5-16(8-15)22-25-12-21(18-11-27-31(2)14-18)23(29-22)28-20-7-6-19(24)9-20;1-30-9-8-21(29-30)20-13-25-22(28-23(20)27-19-7-6-18(24)11-19)16-5-3-4-15(10-16)17-12-26-31(2)14-17/h3-5,12-17,22,34H,6-11H2,1-2H3,(H,26,27,30);4,6-7,10-15H,5,8-9H2,1-3H3,(H,24,32)(H,25,26,29);3-5,8,10-14,19-20H,6-7,9,24H2,1-2H3,(H,25,28,29);3-5,8-10,12-14,18-19H,6-7,11,24H2,1-2H3,(H,25,27,28)/t;;19-,20+;18-,19+/m..00/s1. The molecule has 128 heavy (non-hydrogen) atoms. The molecule has 34 heteroatoms. The van der Waals surface area contributed by atoms with E-state index in [9.17, 15) is 9.90 Å². The number of hydrogen-bond donors (Lipinski definition) is 8. The number of nitrogens with two attached hydrogens (primary N) is 2. The van der Waals surface area contributed by atoms with Gasteiger partial charge in [-0.25, -0.2) is 39.9 Å². The average molecular weight is 1720 g/mol. The minimum absolute atomic E-state index is 0.0288. The fourth-order valence-corrected chi connectivity index (χ4v) is 16.0. The molecule has 13 heterocycles. The van der Waals surface area contributed by atoms with Gasteiger partial charge in [-0.15, -0.1) is 0 Å². The number of nitrogens with one attached hydrogen (secondary N) is 5. The van der Waals surface area contributed by atoms with Crippen molar-refractivity contribution in [3.05, 3.63) is 221 Å². The predicted molar refractivity (Wildman–Crippen MR) is 498 cm³/mol. The van der Waals surface area contributed by atoms with Gasteiger partial charge < -0.3 is 48.1 Å². The molecule has 0 radical (unpaired) electrons. The van der Waals surface area contributed by atoms with Crippen molar-refractivity contribution in [1.29, 1.82) is 0 Å². The predicted octanol–water partition coefficient (Wildman–Crippen LogP) is 12.2. The maximum Gasteiger partial charge on any atom is 0.216 e. The lowest BCUT2D eigenvalue weighted by Gasteiger charge is -2.29.